The lowest BCUT2D eigenvalue weighted by molar-refractivity contribution is 0.161. The van der Waals surface area contributed by atoms with Crippen LogP contribution in [0, 0.1) is 0 Å². The minimum Gasteiger partial charge on any atom is -0.497 e. The highest BCUT2D eigenvalue weighted by molar-refractivity contribution is 6.02. The number of rotatable bonds is 4. The van der Waals surface area contributed by atoms with Gasteiger partial charge < -0.3 is 19.1 Å². The van der Waals surface area contributed by atoms with E-state index in [1.165, 1.54) is 41.3 Å². The van der Waals surface area contributed by atoms with Crippen LogP contribution < -0.4 is 19.1 Å². The van der Waals surface area contributed by atoms with Crippen molar-refractivity contribution in [3.63, 3.8) is 0 Å². The van der Waals surface area contributed by atoms with E-state index in [1.54, 1.807) is 7.11 Å². The van der Waals surface area contributed by atoms with E-state index in [4.69, 9.17) is 14.2 Å². The summed E-state index contributed by atoms with van der Waals surface area (Å²) in [7, 11) is 1.70. The monoisotopic (exact) mass is 489 g/mol. The predicted molar refractivity (Wildman–Crippen MR) is 149 cm³/mol. The van der Waals surface area contributed by atoms with Crippen molar-refractivity contribution in [1.29, 1.82) is 0 Å². The Morgan fingerprint density at radius 2 is 1.59 bits per heavy atom. The van der Waals surface area contributed by atoms with E-state index in [0.29, 0.717) is 0 Å². The number of piperidine rings is 1. The van der Waals surface area contributed by atoms with Gasteiger partial charge >= 0.3 is 0 Å². The molecular formula is C33H31NO3. The Morgan fingerprint density at radius 3 is 2.41 bits per heavy atom. The summed E-state index contributed by atoms with van der Waals surface area (Å²) in [6.45, 7) is 2.92. The van der Waals surface area contributed by atoms with Gasteiger partial charge in [0.1, 0.15) is 17.2 Å². The Hall–Kier alpha value is -3.92. The summed E-state index contributed by atoms with van der Waals surface area (Å²) < 4.78 is 18.4. The summed E-state index contributed by atoms with van der Waals surface area (Å²) in [5.74, 6) is 2.74. The minimum atomic E-state index is -0.751. The van der Waals surface area contributed by atoms with Crippen molar-refractivity contribution >= 4 is 22.5 Å². The Kier molecular flexibility index (Phi) is 5.35. The van der Waals surface area contributed by atoms with E-state index in [2.05, 4.69) is 77.7 Å². The highest BCUT2D eigenvalue weighted by atomic mass is 16.5. The fraction of sp³-hybridized carbons (Fsp3) is 0.273. The number of ether oxygens (including phenoxy) is 3. The molecule has 4 nitrogen and oxygen atoms in total. The molecule has 0 spiro atoms. The van der Waals surface area contributed by atoms with Crippen LogP contribution in [0.25, 0.3) is 16.8 Å². The molecule has 37 heavy (non-hydrogen) atoms. The molecule has 3 aliphatic heterocycles. The van der Waals surface area contributed by atoms with Crippen molar-refractivity contribution in [3.8, 4) is 17.2 Å². The summed E-state index contributed by atoms with van der Waals surface area (Å²) >= 11 is 0. The number of benzene rings is 4. The lowest BCUT2D eigenvalue weighted by Gasteiger charge is -2.38. The van der Waals surface area contributed by atoms with Crippen LogP contribution in [0.15, 0.2) is 78.9 Å². The molecule has 1 saturated heterocycles. The summed E-state index contributed by atoms with van der Waals surface area (Å²) in [6.07, 6.45) is 9.18. The maximum atomic E-state index is 7.17. The summed E-state index contributed by atoms with van der Waals surface area (Å²) in [5.41, 5.74) is 5.08. The number of hydrogen-bond donors (Lipinski definition) is 0. The summed E-state index contributed by atoms with van der Waals surface area (Å²) in [4.78, 5) is 2.54. The fourth-order valence-electron chi connectivity index (χ4n) is 6.15. The zero-order valence-electron chi connectivity index (χ0n) is 21.2. The molecule has 0 radical (unpaired) electrons. The van der Waals surface area contributed by atoms with Crippen LogP contribution in [-0.2, 0) is 12.0 Å². The first-order chi connectivity index (χ1) is 18.2. The topological polar surface area (TPSA) is 30.9 Å². The third-order valence-corrected chi connectivity index (χ3v) is 8.12. The predicted octanol–water partition coefficient (Wildman–Crippen LogP) is 7.12. The Balaban J connectivity index is 1.42. The molecule has 1 atom stereocenters. The molecule has 4 aromatic rings. The van der Waals surface area contributed by atoms with Crippen molar-refractivity contribution in [2.75, 3.05) is 31.7 Å². The van der Waals surface area contributed by atoms with Gasteiger partial charge in [-0.3, -0.25) is 0 Å². The second-order valence-electron chi connectivity index (χ2n) is 10.2. The maximum Gasteiger partial charge on any atom is 0.178 e. The van der Waals surface area contributed by atoms with Crippen LogP contribution in [0.4, 0.5) is 5.69 Å². The third kappa shape index (κ3) is 3.66. The van der Waals surface area contributed by atoms with Gasteiger partial charge in [0.05, 0.1) is 13.7 Å². The zero-order valence-corrected chi connectivity index (χ0v) is 21.2. The van der Waals surface area contributed by atoms with Gasteiger partial charge in [0, 0.05) is 53.3 Å². The molecule has 0 bridgehead atoms. The average Bonchev–Trinajstić information content (AvgIpc) is 3.45. The lowest BCUT2D eigenvalue weighted by atomic mass is 9.82. The number of methoxy groups -OCH3 is 1. The first-order valence-corrected chi connectivity index (χ1v) is 13.3. The molecule has 0 saturated carbocycles. The lowest BCUT2D eigenvalue weighted by Crippen LogP contribution is -2.35. The Morgan fingerprint density at radius 1 is 0.811 bits per heavy atom. The minimum absolute atomic E-state index is 0.735. The molecule has 1 unspecified atom stereocenters. The van der Waals surface area contributed by atoms with Gasteiger partial charge in [-0.1, -0.05) is 42.5 Å². The molecular weight excluding hydrogens is 458 g/mol. The molecule has 0 aliphatic carbocycles. The highest BCUT2D eigenvalue weighted by Crippen LogP contribution is 2.48. The van der Waals surface area contributed by atoms with E-state index in [1.807, 2.05) is 12.1 Å². The van der Waals surface area contributed by atoms with Gasteiger partial charge in [0.15, 0.2) is 5.60 Å². The quantitative estimate of drug-likeness (QED) is 0.305. The molecule has 4 aromatic carbocycles. The molecule has 186 valence electrons. The molecule has 4 heteroatoms. The van der Waals surface area contributed by atoms with Crippen LogP contribution in [0.1, 0.15) is 41.5 Å². The SMILES string of the molecule is COc1ccc(C2(c3ccc4c(c3)CCO4)C=Cc3c(cc(N4CCCCC4)c4ccccc34)O2)cc1. The zero-order chi connectivity index (χ0) is 24.8. The third-order valence-electron chi connectivity index (χ3n) is 8.12. The van der Waals surface area contributed by atoms with Crippen LogP contribution in [0.3, 0.4) is 0 Å². The molecule has 0 aromatic heterocycles. The number of hydrogen-bond acceptors (Lipinski definition) is 4. The Bertz CT molecular complexity index is 1500. The van der Waals surface area contributed by atoms with Crippen molar-refractivity contribution < 1.29 is 14.2 Å². The van der Waals surface area contributed by atoms with Crippen LogP contribution in [0.2, 0.25) is 0 Å². The van der Waals surface area contributed by atoms with Crippen molar-refractivity contribution in [2.45, 2.75) is 31.3 Å². The Labute approximate surface area is 218 Å². The molecule has 0 N–H and O–H groups in total. The number of fused-ring (bicyclic) bond motifs is 4. The van der Waals surface area contributed by atoms with Gasteiger partial charge in [-0.25, -0.2) is 0 Å². The first kappa shape index (κ1) is 22.3. The highest BCUT2D eigenvalue weighted by Gasteiger charge is 2.39. The number of nitrogens with zero attached hydrogens (tertiary/aromatic N) is 1. The normalized spacial score (nSPS) is 20.2. The first-order valence-electron chi connectivity index (χ1n) is 13.3. The van der Waals surface area contributed by atoms with Gasteiger partial charge in [-0.2, -0.15) is 0 Å². The maximum absolute atomic E-state index is 7.17. The van der Waals surface area contributed by atoms with Crippen LogP contribution in [0.5, 0.6) is 17.2 Å². The van der Waals surface area contributed by atoms with E-state index >= 15 is 0 Å². The van der Waals surface area contributed by atoms with Gasteiger partial charge in [0.25, 0.3) is 0 Å². The molecule has 7 rings (SSSR count). The van der Waals surface area contributed by atoms with E-state index in [-0.39, 0.29) is 0 Å². The van der Waals surface area contributed by atoms with E-state index in [0.717, 1.165) is 60.1 Å². The summed E-state index contributed by atoms with van der Waals surface area (Å²) in [5, 5.41) is 2.53. The average molecular weight is 490 g/mol. The molecule has 0 amide bonds. The second-order valence-corrected chi connectivity index (χ2v) is 10.2. The van der Waals surface area contributed by atoms with Gasteiger partial charge in [-0.15, -0.1) is 0 Å². The van der Waals surface area contributed by atoms with E-state index < -0.39 is 5.60 Å². The van der Waals surface area contributed by atoms with Crippen molar-refractivity contribution in [3.05, 3.63) is 101 Å². The molecule has 3 aliphatic rings. The molecule has 3 heterocycles. The standard InChI is InChI=1S/C33H31NO3/c1-35-26-12-9-24(10-13-26)33(25-11-14-31-23(21-25)16-20-36-31)17-15-29-27-7-3-4-8-28(27)30(22-32(29)37-33)34-18-5-2-6-19-34/h3-4,7-15,17,21-22H,2,5-6,16,18-20H2,1H3. The largest absolute Gasteiger partial charge is 0.497 e. The van der Waals surface area contributed by atoms with E-state index in [9.17, 15) is 0 Å². The smallest absolute Gasteiger partial charge is 0.178 e. The number of anilines is 1. The van der Waals surface area contributed by atoms with Crippen LogP contribution in [-0.4, -0.2) is 26.8 Å². The van der Waals surface area contributed by atoms with Crippen molar-refractivity contribution in [2.24, 2.45) is 0 Å². The summed E-state index contributed by atoms with van der Waals surface area (Å²) in [6, 6.07) is 25.8. The van der Waals surface area contributed by atoms with Crippen LogP contribution >= 0.6 is 0 Å². The van der Waals surface area contributed by atoms with Gasteiger partial charge in [0.2, 0.25) is 0 Å². The van der Waals surface area contributed by atoms with Crippen molar-refractivity contribution in [1.82, 2.24) is 0 Å². The fourth-order valence-corrected chi connectivity index (χ4v) is 6.15. The van der Waals surface area contributed by atoms with Gasteiger partial charge in [-0.05, 0) is 66.6 Å². The molecule has 1 fully saturated rings. The second kappa shape index (κ2) is 8.88.